The monoisotopic (exact) mass is 225 g/mol. The van der Waals surface area contributed by atoms with Crippen molar-refractivity contribution in [2.75, 3.05) is 18.1 Å². The van der Waals surface area contributed by atoms with Gasteiger partial charge in [0.1, 0.15) is 0 Å². The van der Waals surface area contributed by atoms with Gasteiger partial charge in [-0.1, -0.05) is 13.0 Å². The van der Waals surface area contributed by atoms with Gasteiger partial charge in [-0.25, -0.2) is 4.98 Å². The van der Waals surface area contributed by atoms with Crippen LogP contribution in [-0.4, -0.2) is 27.6 Å². The maximum atomic E-state index is 4.43. The minimum absolute atomic E-state index is 0.600. The van der Waals surface area contributed by atoms with Gasteiger partial charge in [-0.15, -0.1) is 6.58 Å². The van der Waals surface area contributed by atoms with Crippen LogP contribution < -0.4 is 5.32 Å². The van der Waals surface area contributed by atoms with Gasteiger partial charge in [0, 0.05) is 24.5 Å². The lowest BCUT2D eigenvalue weighted by molar-refractivity contribution is 0.697. The topological polar surface area (TPSA) is 29.9 Å². The Kier molecular flexibility index (Phi) is 4.75. The molecule has 4 heteroatoms. The van der Waals surface area contributed by atoms with Crippen LogP contribution in [-0.2, 0) is 6.54 Å². The van der Waals surface area contributed by atoms with Crippen molar-refractivity contribution in [3.63, 3.8) is 0 Å². The maximum Gasteiger partial charge on any atom is 0.203 e. The first-order valence-corrected chi connectivity index (χ1v) is 6.37. The molecule has 0 radical (unpaired) electrons. The van der Waals surface area contributed by atoms with Gasteiger partial charge < -0.3 is 9.88 Å². The fourth-order valence-electron chi connectivity index (χ4n) is 1.34. The lowest BCUT2D eigenvalue weighted by Gasteiger charge is -2.12. The van der Waals surface area contributed by atoms with E-state index in [1.54, 1.807) is 0 Å². The summed E-state index contributed by atoms with van der Waals surface area (Å²) in [5, 5.41) is 3.84. The number of aromatic nitrogens is 2. The summed E-state index contributed by atoms with van der Waals surface area (Å²) < 4.78 is 2.17. The normalized spacial score (nSPS) is 12.5. The first-order chi connectivity index (χ1) is 7.17. The van der Waals surface area contributed by atoms with Gasteiger partial charge in [-0.05, 0) is 13.2 Å². The molecule has 0 aliphatic heterocycles. The highest BCUT2D eigenvalue weighted by atomic mass is 32.2. The van der Waals surface area contributed by atoms with Crippen molar-refractivity contribution in [3.8, 4) is 0 Å². The van der Waals surface area contributed by atoms with Crippen molar-refractivity contribution in [2.45, 2.75) is 25.6 Å². The molecular formula is C11H19N3S. The average Bonchev–Trinajstić information content (AvgIpc) is 2.55. The number of hydrogen-bond donors (Lipinski definition) is 1. The van der Waals surface area contributed by atoms with E-state index in [1.165, 1.54) is 0 Å². The molecule has 1 aromatic heterocycles. The third kappa shape index (κ3) is 3.63. The summed E-state index contributed by atoms with van der Waals surface area (Å²) in [6, 6.07) is 0. The Morgan fingerprint density at radius 1 is 1.73 bits per heavy atom. The van der Waals surface area contributed by atoms with Crippen LogP contribution in [0.2, 0.25) is 0 Å². The average molecular weight is 225 g/mol. The van der Waals surface area contributed by atoms with Gasteiger partial charge in [0.25, 0.3) is 0 Å². The zero-order chi connectivity index (χ0) is 11.3. The molecule has 1 rings (SSSR count). The van der Waals surface area contributed by atoms with Crippen molar-refractivity contribution in [1.82, 2.24) is 9.55 Å². The van der Waals surface area contributed by atoms with E-state index in [0.717, 1.165) is 24.7 Å². The molecule has 0 spiro atoms. The Morgan fingerprint density at radius 2 is 2.47 bits per heavy atom. The summed E-state index contributed by atoms with van der Waals surface area (Å²) >= 11 is 1.86. The van der Waals surface area contributed by atoms with Crippen LogP contribution in [0.15, 0.2) is 18.9 Å². The molecule has 1 N–H and O–H groups in total. The molecule has 1 aromatic rings. The van der Waals surface area contributed by atoms with E-state index in [1.807, 2.05) is 24.8 Å². The van der Waals surface area contributed by atoms with Crippen LogP contribution in [0.5, 0.6) is 0 Å². The van der Waals surface area contributed by atoms with Crippen LogP contribution in [0.1, 0.15) is 12.6 Å². The van der Waals surface area contributed by atoms with E-state index < -0.39 is 0 Å². The number of rotatable bonds is 6. The molecule has 0 aliphatic carbocycles. The number of anilines is 1. The Balaban J connectivity index is 2.71. The standard InChI is InChI=1S/C11H19N3S/c1-5-6-12-11-13-9(2)7-14(11)8-10(3)15-4/h5,7,10H,1,6,8H2,2-4H3,(H,12,13). The predicted molar refractivity (Wildman–Crippen MR) is 68.6 cm³/mol. The number of nitrogens with one attached hydrogen (secondary N) is 1. The van der Waals surface area contributed by atoms with Crippen molar-refractivity contribution >= 4 is 17.7 Å². The molecule has 0 saturated heterocycles. The predicted octanol–water partition coefficient (Wildman–Crippen LogP) is 2.54. The minimum Gasteiger partial charge on any atom is -0.352 e. The maximum absolute atomic E-state index is 4.43. The largest absolute Gasteiger partial charge is 0.352 e. The Bertz CT molecular complexity index is 320. The molecule has 3 nitrogen and oxygen atoms in total. The van der Waals surface area contributed by atoms with E-state index in [4.69, 9.17) is 0 Å². The number of imidazole rings is 1. The molecule has 15 heavy (non-hydrogen) atoms. The molecule has 0 saturated carbocycles. The fraction of sp³-hybridized carbons (Fsp3) is 0.545. The van der Waals surface area contributed by atoms with Crippen LogP contribution in [0.25, 0.3) is 0 Å². The van der Waals surface area contributed by atoms with Crippen LogP contribution in [0, 0.1) is 6.92 Å². The lowest BCUT2D eigenvalue weighted by atomic mass is 10.4. The van der Waals surface area contributed by atoms with Gasteiger partial charge in [-0.2, -0.15) is 11.8 Å². The first kappa shape index (κ1) is 12.2. The molecule has 84 valence electrons. The van der Waals surface area contributed by atoms with Crippen molar-refractivity contribution < 1.29 is 0 Å². The first-order valence-electron chi connectivity index (χ1n) is 5.08. The van der Waals surface area contributed by atoms with E-state index in [2.05, 4.69) is 40.8 Å². The molecule has 0 aliphatic rings. The van der Waals surface area contributed by atoms with Crippen molar-refractivity contribution in [3.05, 3.63) is 24.5 Å². The second-order valence-corrected chi connectivity index (χ2v) is 4.85. The van der Waals surface area contributed by atoms with Crippen molar-refractivity contribution in [2.24, 2.45) is 0 Å². The van der Waals surface area contributed by atoms with E-state index in [0.29, 0.717) is 5.25 Å². The third-order valence-electron chi connectivity index (χ3n) is 2.16. The molecule has 1 atom stereocenters. The molecule has 0 aromatic carbocycles. The van der Waals surface area contributed by atoms with Gasteiger partial charge in [0.2, 0.25) is 5.95 Å². The Hall–Kier alpha value is -0.900. The van der Waals surface area contributed by atoms with Gasteiger partial charge in [0.05, 0.1) is 5.69 Å². The molecular weight excluding hydrogens is 206 g/mol. The van der Waals surface area contributed by atoms with Gasteiger partial charge >= 0.3 is 0 Å². The summed E-state index contributed by atoms with van der Waals surface area (Å²) in [6.45, 7) is 9.66. The van der Waals surface area contributed by atoms with E-state index in [9.17, 15) is 0 Å². The fourth-order valence-corrected chi connectivity index (χ4v) is 1.65. The second kappa shape index (κ2) is 5.85. The van der Waals surface area contributed by atoms with Crippen LogP contribution in [0.4, 0.5) is 5.95 Å². The molecule has 0 amide bonds. The number of aryl methyl sites for hydroxylation is 1. The summed E-state index contributed by atoms with van der Waals surface area (Å²) in [4.78, 5) is 4.43. The molecule has 0 bridgehead atoms. The highest BCUT2D eigenvalue weighted by Gasteiger charge is 2.07. The van der Waals surface area contributed by atoms with Crippen LogP contribution in [0.3, 0.4) is 0 Å². The van der Waals surface area contributed by atoms with Crippen molar-refractivity contribution in [1.29, 1.82) is 0 Å². The highest BCUT2D eigenvalue weighted by Crippen LogP contribution is 2.14. The van der Waals surface area contributed by atoms with Gasteiger partial charge in [0.15, 0.2) is 0 Å². The summed E-state index contributed by atoms with van der Waals surface area (Å²) in [6.07, 6.45) is 6.05. The highest BCUT2D eigenvalue weighted by molar-refractivity contribution is 7.99. The molecule has 0 fully saturated rings. The minimum atomic E-state index is 0.600. The Labute approximate surface area is 96.0 Å². The zero-order valence-corrected chi connectivity index (χ0v) is 10.5. The number of nitrogens with zero attached hydrogens (tertiary/aromatic N) is 2. The van der Waals surface area contributed by atoms with Crippen LogP contribution >= 0.6 is 11.8 Å². The summed E-state index contributed by atoms with van der Waals surface area (Å²) in [7, 11) is 0. The Morgan fingerprint density at radius 3 is 3.07 bits per heavy atom. The lowest BCUT2D eigenvalue weighted by Crippen LogP contribution is -2.12. The molecule has 1 unspecified atom stereocenters. The van der Waals surface area contributed by atoms with Gasteiger partial charge in [-0.3, -0.25) is 0 Å². The quantitative estimate of drug-likeness (QED) is 0.755. The smallest absolute Gasteiger partial charge is 0.203 e. The second-order valence-electron chi connectivity index (χ2n) is 3.57. The number of hydrogen-bond acceptors (Lipinski definition) is 3. The summed E-state index contributed by atoms with van der Waals surface area (Å²) in [5.74, 6) is 0.938. The third-order valence-corrected chi connectivity index (χ3v) is 3.11. The molecule has 1 heterocycles. The SMILES string of the molecule is C=CCNc1nc(C)cn1CC(C)SC. The van der Waals surface area contributed by atoms with E-state index in [-0.39, 0.29) is 0 Å². The summed E-state index contributed by atoms with van der Waals surface area (Å²) in [5.41, 5.74) is 1.05. The number of thioether (sulfide) groups is 1. The zero-order valence-electron chi connectivity index (χ0n) is 9.66. The van der Waals surface area contributed by atoms with E-state index >= 15 is 0 Å².